The van der Waals surface area contributed by atoms with Crippen molar-refractivity contribution in [1.82, 2.24) is 20.6 Å². The van der Waals surface area contributed by atoms with Crippen LogP contribution in [0.4, 0.5) is 11.6 Å². The Morgan fingerprint density at radius 2 is 1.75 bits per heavy atom. The normalized spacial score (nSPS) is 11.6. The molecule has 0 fully saturated rings. The molecule has 172 valence electrons. The Morgan fingerprint density at radius 3 is 2.41 bits per heavy atom. The van der Waals surface area contributed by atoms with Crippen LogP contribution in [0.1, 0.15) is 40.9 Å². The number of nitrogens with zero attached hydrogens (tertiary/aromatic N) is 2. The molecule has 0 aliphatic rings. The van der Waals surface area contributed by atoms with Gasteiger partial charge >= 0.3 is 5.97 Å². The molecule has 0 aliphatic carbocycles. The minimum absolute atomic E-state index is 0.0568. The number of carboxylic acid groups (broad SMARTS) is 1. The molecule has 0 saturated heterocycles. The Kier molecular flexibility index (Phi) is 9.17. The number of hydrogen-bond acceptors (Lipinski definition) is 8. The summed E-state index contributed by atoms with van der Waals surface area (Å²) >= 11 is 5.75. The molecule has 1 heterocycles. The van der Waals surface area contributed by atoms with Crippen molar-refractivity contribution in [1.29, 1.82) is 5.41 Å². The Hall–Kier alpha value is -3.44. The summed E-state index contributed by atoms with van der Waals surface area (Å²) in [5.74, 6) is -2.05. The SMILES string of the molecule is N=C(NCCCCc1ccc(CC(N)CC(=O)O)cc1)NC(=O)c1nc(Cl)c(N)nc1N. The molecule has 1 atom stereocenters. The van der Waals surface area contributed by atoms with Crippen LogP contribution in [0.25, 0.3) is 0 Å². The lowest BCUT2D eigenvalue weighted by atomic mass is 10.0. The maximum atomic E-state index is 12.1. The molecule has 2 rings (SSSR count). The van der Waals surface area contributed by atoms with Gasteiger partial charge in [0.1, 0.15) is 0 Å². The highest BCUT2D eigenvalue weighted by Gasteiger charge is 2.17. The van der Waals surface area contributed by atoms with Crippen molar-refractivity contribution in [3.63, 3.8) is 0 Å². The summed E-state index contributed by atoms with van der Waals surface area (Å²) in [5, 5.41) is 21.6. The van der Waals surface area contributed by atoms with Gasteiger partial charge in [0, 0.05) is 12.6 Å². The van der Waals surface area contributed by atoms with Crippen molar-refractivity contribution in [2.75, 3.05) is 18.0 Å². The second-order valence-electron chi connectivity index (χ2n) is 7.23. The van der Waals surface area contributed by atoms with Crippen LogP contribution in [0.3, 0.4) is 0 Å². The van der Waals surface area contributed by atoms with E-state index >= 15 is 0 Å². The summed E-state index contributed by atoms with van der Waals surface area (Å²) in [6.45, 7) is 0.491. The van der Waals surface area contributed by atoms with E-state index in [1.165, 1.54) is 0 Å². The molecule has 0 radical (unpaired) electrons. The fourth-order valence-electron chi connectivity index (χ4n) is 2.93. The Balaban J connectivity index is 1.68. The number of benzene rings is 1. The van der Waals surface area contributed by atoms with Gasteiger partial charge < -0.3 is 27.6 Å². The maximum absolute atomic E-state index is 12.1. The molecular weight excluding hydrogens is 436 g/mol. The summed E-state index contributed by atoms with van der Waals surface area (Å²) < 4.78 is 0. The minimum Gasteiger partial charge on any atom is -0.481 e. The van der Waals surface area contributed by atoms with Crippen LogP contribution >= 0.6 is 11.6 Å². The molecule has 0 spiro atoms. The summed E-state index contributed by atoms with van der Waals surface area (Å²) in [5.41, 5.74) is 18.9. The number of nitrogens with one attached hydrogen (secondary N) is 3. The van der Waals surface area contributed by atoms with Crippen LogP contribution in [-0.4, -0.2) is 45.5 Å². The quantitative estimate of drug-likeness (QED) is 0.152. The van der Waals surface area contributed by atoms with Gasteiger partial charge in [0.05, 0.1) is 6.42 Å². The maximum Gasteiger partial charge on any atom is 0.304 e. The van der Waals surface area contributed by atoms with Gasteiger partial charge in [-0.15, -0.1) is 0 Å². The van der Waals surface area contributed by atoms with E-state index in [0.717, 1.165) is 30.4 Å². The van der Waals surface area contributed by atoms with E-state index in [9.17, 15) is 9.59 Å². The number of carboxylic acids is 1. The van der Waals surface area contributed by atoms with Gasteiger partial charge in [0.15, 0.2) is 28.4 Å². The second-order valence-corrected chi connectivity index (χ2v) is 7.58. The van der Waals surface area contributed by atoms with Crippen molar-refractivity contribution >= 4 is 41.1 Å². The standard InChI is InChI=1S/C20H27ClN8O3/c21-16-18(24)28-17(23)15(27-16)19(32)29-20(25)26-8-2-1-3-11-4-6-12(7-5-11)9-13(22)10-14(30)31/h4-7,13H,1-3,8-10,22H2,(H,30,31)(H4,23,24,28)(H3,25,26,29,32). The second kappa shape index (κ2) is 11.8. The van der Waals surface area contributed by atoms with E-state index < -0.39 is 17.9 Å². The van der Waals surface area contributed by atoms with Gasteiger partial charge in [0.2, 0.25) is 0 Å². The zero-order chi connectivity index (χ0) is 23.7. The number of aryl methyl sites for hydroxylation is 1. The summed E-state index contributed by atoms with van der Waals surface area (Å²) in [7, 11) is 0. The van der Waals surface area contributed by atoms with Crippen molar-refractivity contribution in [3.05, 3.63) is 46.2 Å². The number of carbonyl (C=O) groups is 2. The molecule has 11 nitrogen and oxygen atoms in total. The van der Waals surface area contributed by atoms with Crippen LogP contribution in [0, 0.1) is 5.41 Å². The van der Waals surface area contributed by atoms with Crippen molar-refractivity contribution in [3.8, 4) is 0 Å². The summed E-state index contributed by atoms with van der Waals surface area (Å²) in [6.07, 6.45) is 2.96. The number of amides is 1. The fraction of sp³-hybridized carbons (Fsp3) is 0.350. The molecule has 0 bridgehead atoms. The number of rotatable bonds is 10. The first kappa shape index (κ1) is 24.8. The number of aliphatic carboxylic acids is 1. The molecule has 1 aromatic carbocycles. The molecule has 12 heteroatoms. The number of carbonyl (C=O) groups excluding carboxylic acids is 1. The molecule has 0 aliphatic heterocycles. The smallest absolute Gasteiger partial charge is 0.304 e. The first-order chi connectivity index (χ1) is 15.2. The molecule has 0 saturated carbocycles. The monoisotopic (exact) mass is 462 g/mol. The first-order valence-electron chi connectivity index (χ1n) is 9.93. The Morgan fingerprint density at radius 1 is 1.09 bits per heavy atom. The van der Waals surface area contributed by atoms with Crippen LogP contribution < -0.4 is 27.8 Å². The van der Waals surface area contributed by atoms with Gasteiger partial charge in [-0.3, -0.25) is 20.3 Å². The zero-order valence-corrected chi connectivity index (χ0v) is 18.2. The highest BCUT2D eigenvalue weighted by Crippen LogP contribution is 2.17. The lowest BCUT2D eigenvalue weighted by molar-refractivity contribution is -0.137. The summed E-state index contributed by atoms with van der Waals surface area (Å²) in [6, 6.07) is 7.52. The van der Waals surface area contributed by atoms with Crippen molar-refractivity contribution in [2.45, 2.75) is 38.1 Å². The third kappa shape index (κ3) is 8.00. The molecule has 32 heavy (non-hydrogen) atoms. The molecule has 2 aromatic rings. The highest BCUT2D eigenvalue weighted by molar-refractivity contribution is 6.31. The third-order valence-corrected chi connectivity index (χ3v) is 4.79. The van der Waals surface area contributed by atoms with E-state index in [1.807, 2.05) is 24.3 Å². The number of aromatic nitrogens is 2. The number of halogens is 1. The van der Waals surface area contributed by atoms with Crippen LogP contribution in [0.5, 0.6) is 0 Å². The van der Waals surface area contributed by atoms with Crippen LogP contribution in [0.2, 0.25) is 5.15 Å². The van der Waals surface area contributed by atoms with Gasteiger partial charge in [-0.05, 0) is 36.8 Å². The first-order valence-corrected chi connectivity index (χ1v) is 10.3. The zero-order valence-electron chi connectivity index (χ0n) is 17.4. The number of nitrogen functional groups attached to an aromatic ring is 2. The van der Waals surface area contributed by atoms with Gasteiger partial charge in [-0.1, -0.05) is 35.9 Å². The largest absolute Gasteiger partial charge is 0.481 e. The summed E-state index contributed by atoms with van der Waals surface area (Å²) in [4.78, 5) is 30.3. The Bertz CT molecular complexity index is 968. The number of guanidine groups is 1. The number of hydrogen-bond donors (Lipinski definition) is 7. The lowest BCUT2D eigenvalue weighted by Gasteiger charge is -2.11. The molecule has 1 aromatic heterocycles. The molecule has 10 N–H and O–H groups in total. The van der Waals surface area contributed by atoms with Gasteiger partial charge in [-0.2, -0.15) is 0 Å². The van der Waals surface area contributed by atoms with E-state index in [-0.39, 0.29) is 34.9 Å². The topological polar surface area (TPSA) is 206 Å². The van der Waals surface area contributed by atoms with Crippen molar-refractivity contribution < 1.29 is 14.7 Å². The van der Waals surface area contributed by atoms with Gasteiger partial charge in [-0.25, -0.2) is 9.97 Å². The predicted octanol–water partition coefficient (Wildman–Crippen LogP) is 0.916. The average Bonchev–Trinajstić information content (AvgIpc) is 2.71. The third-order valence-electron chi connectivity index (χ3n) is 4.51. The Labute approximate surface area is 190 Å². The number of anilines is 2. The predicted molar refractivity (Wildman–Crippen MR) is 122 cm³/mol. The van der Waals surface area contributed by atoms with Gasteiger partial charge in [0.25, 0.3) is 5.91 Å². The minimum atomic E-state index is -0.900. The fourth-order valence-corrected chi connectivity index (χ4v) is 3.06. The van der Waals surface area contributed by atoms with E-state index in [1.54, 1.807) is 0 Å². The molecular formula is C20H27ClN8O3. The molecule has 1 unspecified atom stereocenters. The molecule has 1 amide bonds. The van der Waals surface area contributed by atoms with E-state index in [0.29, 0.717) is 13.0 Å². The average molecular weight is 463 g/mol. The highest BCUT2D eigenvalue weighted by atomic mass is 35.5. The van der Waals surface area contributed by atoms with Crippen molar-refractivity contribution in [2.24, 2.45) is 5.73 Å². The van der Waals surface area contributed by atoms with E-state index in [2.05, 4.69) is 20.6 Å². The van der Waals surface area contributed by atoms with Crippen LogP contribution in [0.15, 0.2) is 24.3 Å². The number of unbranched alkanes of at least 4 members (excludes halogenated alkanes) is 1. The van der Waals surface area contributed by atoms with E-state index in [4.69, 9.17) is 39.3 Å². The van der Waals surface area contributed by atoms with Crippen LogP contribution in [-0.2, 0) is 17.6 Å². The lowest BCUT2D eigenvalue weighted by Crippen LogP contribution is -2.41. The number of nitrogens with two attached hydrogens (primary N) is 3.